The second kappa shape index (κ2) is 10.5. The molecule has 1 heterocycles. The smallest absolute Gasteiger partial charge is 0.0593 e. The van der Waals surface area contributed by atoms with Crippen LogP contribution in [0.15, 0.2) is 0 Å². The van der Waals surface area contributed by atoms with Crippen molar-refractivity contribution in [1.82, 2.24) is 10.2 Å². The molecule has 1 rings (SSSR count). The van der Waals surface area contributed by atoms with Gasteiger partial charge in [0.15, 0.2) is 0 Å². The van der Waals surface area contributed by atoms with Crippen molar-refractivity contribution in [2.75, 3.05) is 46.6 Å². The Morgan fingerprint density at radius 1 is 1.14 bits per heavy atom. The zero-order valence-electron chi connectivity index (χ0n) is 14.6. The van der Waals surface area contributed by atoms with Crippen LogP contribution in [-0.2, 0) is 9.47 Å². The molecule has 0 radical (unpaired) electrons. The van der Waals surface area contributed by atoms with E-state index in [9.17, 15) is 0 Å². The molecule has 0 bridgehead atoms. The van der Waals surface area contributed by atoms with Gasteiger partial charge in [0.05, 0.1) is 6.61 Å². The van der Waals surface area contributed by atoms with Gasteiger partial charge in [0.25, 0.3) is 0 Å². The number of piperazine rings is 1. The number of nitrogens with one attached hydrogen (secondary N) is 1. The van der Waals surface area contributed by atoms with Crippen LogP contribution < -0.4 is 5.32 Å². The lowest BCUT2D eigenvalue weighted by atomic mass is 9.86. The van der Waals surface area contributed by atoms with Gasteiger partial charge in [-0.1, -0.05) is 27.2 Å². The lowest BCUT2D eigenvalue weighted by molar-refractivity contribution is 0.00118. The third kappa shape index (κ3) is 5.85. The Labute approximate surface area is 131 Å². The van der Waals surface area contributed by atoms with Gasteiger partial charge in [0.1, 0.15) is 0 Å². The molecule has 0 aromatic rings. The Morgan fingerprint density at radius 3 is 2.52 bits per heavy atom. The molecular weight excluding hydrogens is 264 g/mol. The van der Waals surface area contributed by atoms with Crippen molar-refractivity contribution in [3.63, 3.8) is 0 Å². The zero-order valence-corrected chi connectivity index (χ0v) is 14.6. The molecule has 1 fully saturated rings. The fraction of sp³-hybridized carbons (Fsp3) is 1.00. The Kier molecular flexibility index (Phi) is 9.49. The van der Waals surface area contributed by atoms with E-state index in [2.05, 4.69) is 31.0 Å². The summed E-state index contributed by atoms with van der Waals surface area (Å²) in [5.41, 5.74) is 0.320. The Morgan fingerprint density at radius 2 is 1.90 bits per heavy atom. The van der Waals surface area contributed by atoms with Crippen molar-refractivity contribution in [3.05, 3.63) is 0 Å². The van der Waals surface area contributed by atoms with Gasteiger partial charge >= 0.3 is 0 Å². The number of rotatable bonds is 11. The van der Waals surface area contributed by atoms with Gasteiger partial charge in [-0.05, 0) is 25.7 Å². The van der Waals surface area contributed by atoms with Crippen molar-refractivity contribution in [1.29, 1.82) is 0 Å². The van der Waals surface area contributed by atoms with E-state index in [1.165, 1.54) is 25.7 Å². The highest BCUT2D eigenvalue weighted by atomic mass is 16.5. The molecule has 1 aliphatic rings. The summed E-state index contributed by atoms with van der Waals surface area (Å²) in [7, 11) is 1.74. The summed E-state index contributed by atoms with van der Waals surface area (Å²) in [6, 6.07) is 0.648. The minimum atomic E-state index is 0.320. The molecule has 21 heavy (non-hydrogen) atoms. The molecular formula is C17H36N2O2. The van der Waals surface area contributed by atoms with Crippen LogP contribution in [0.5, 0.6) is 0 Å². The van der Waals surface area contributed by atoms with E-state index >= 15 is 0 Å². The van der Waals surface area contributed by atoms with Crippen LogP contribution in [0, 0.1) is 0 Å². The summed E-state index contributed by atoms with van der Waals surface area (Å²) in [5.74, 6) is 0. The quantitative estimate of drug-likeness (QED) is 0.595. The largest absolute Gasteiger partial charge is 0.385 e. The molecule has 0 saturated carbocycles. The molecule has 0 amide bonds. The second-order valence-corrected chi connectivity index (χ2v) is 6.20. The predicted molar refractivity (Wildman–Crippen MR) is 88.9 cm³/mol. The van der Waals surface area contributed by atoms with E-state index in [4.69, 9.17) is 9.47 Å². The van der Waals surface area contributed by atoms with E-state index in [0.717, 1.165) is 45.9 Å². The first-order chi connectivity index (χ1) is 10.2. The first-order valence-electron chi connectivity index (χ1n) is 8.77. The van der Waals surface area contributed by atoms with E-state index in [1.54, 1.807) is 7.11 Å². The maximum absolute atomic E-state index is 5.77. The van der Waals surface area contributed by atoms with Gasteiger partial charge in [-0.2, -0.15) is 0 Å². The van der Waals surface area contributed by atoms with Crippen LogP contribution in [0.4, 0.5) is 0 Å². The van der Waals surface area contributed by atoms with E-state index < -0.39 is 0 Å². The number of hydrogen-bond donors (Lipinski definition) is 1. The van der Waals surface area contributed by atoms with Crippen LogP contribution >= 0.6 is 0 Å². The van der Waals surface area contributed by atoms with Gasteiger partial charge in [-0.15, -0.1) is 0 Å². The SMILES string of the molecule is CCCC1CN(CCOCCCOC)C(CC)(CC)CN1. The molecule has 0 spiro atoms. The van der Waals surface area contributed by atoms with Crippen LogP contribution in [0.2, 0.25) is 0 Å². The third-order valence-corrected chi connectivity index (χ3v) is 4.93. The first kappa shape index (κ1) is 18.9. The molecule has 0 aromatic heterocycles. The van der Waals surface area contributed by atoms with Gasteiger partial charge in [-0.3, -0.25) is 4.90 Å². The molecule has 4 heteroatoms. The normalized spacial score (nSPS) is 22.6. The summed E-state index contributed by atoms with van der Waals surface area (Å²) >= 11 is 0. The highest BCUT2D eigenvalue weighted by molar-refractivity contribution is 4.97. The molecule has 1 atom stereocenters. The molecule has 1 saturated heterocycles. The minimum Gasteiger partial charge on any atom is -0.385 e. The number of nitrogens with zero attached hydrogens (tertiary/aromatic N) is 1. The zero-order chi connectivity index (χ0) is 15.6. The lowest BCUT2D eigenvalue weighted by Crippen LogP contribution is -2.64. The van der Waals surface area contributed by atoms with Crippen molar-refractivity contribution in [3.8, 4) is 0 Å². The lowest BCUT2D eigenvalue weighted by Gasteiger charge is -2.49. The summed E-state index contributed by atoms with van der Waals surface area (Å²) in [6.45, 7) is 12.7. The summed E-state index contributed by atoms with van der Waals surface area (Å²) < 4.78 is 10.8. The van der Waals surface area contributed by atoms with Crippen molar-refractivity contribution in [2.24, 2.45) is 0 Å². The van der Waals surface area contributed by atoms with E-state index in [1.807, 2.05) is 0 Å². The molecule has 4 nitrogen and oxygen atoms in total. The number of ether oxygens (including phenoxy) is 2. The fourth-order valence-corrected chi connectivity index (χ4v) is 3.37. The van der Waals surface area contributed by atoms with Gasteiger partial charge in [0.2, 0.25) is 0 Å². The summed E-state index contributed by atoms with van der Waals surface area (Å²) in [5, 5.41) is 3.76. The third-order valence-electron chi connectivity index (χ3n) is 4.93. The molecule has 0 aromatic carbocycles. The van der Waals surface area contributed by atoms with Gasteiger partial charge in [0, 0.05) is 51.5 Å². The Balaban J connectivity index is 2.42. The standard InChI is InChI=1S/C17H36N2O2/c1-5-9-16-14-19(10-13-21-12-8-11-20-4)17(6-2,7-3)15-18-16/h16,18H,5-15H2,1-4H3. The average Bonchev–Trinajstić information content (AvgIpc) is 2.52. The maximum atomic E-state index is 5.77. The minimum absolute atomic E-state index is 0.320. The monoisotopic (exact) mass is 300 g/mol. The van der Waals surface area contributed by atoms with Crippen LogP contribution in [0.3, 0.4) is 0 Å². The van der Waals surface area contributed by atoms with Crippen molar-refractivity contribution >= 4 is 0 Å². The second-order valence-electron chi connectivity index (χ2n) is 6.20. The van der Waals surface area contributed by atoms with E-state index in [-0.39, 0.29) is 0 Å². The van der Waals surface area contributed by atoms with E-state index in [0.29, 0.717) is 11.6 Å². The Bertz CT molecular complexity index is 257. The van der Waals surface area contributed by atoms with Crippen LogP contribution in [-0.4, -0.2) is 63.0 Å². The van der Waals surface area contributed by atoms with Gasteiger partial charge < -0.3 is 14.8 Å². The molecule has 1 aliphatic heterocycles. The average molecular weight is 300 g/mol. The highest BCUT2D eigenvalue weighted by Gasteiger charge is 2.38. The summed E-state index contributed by atoms with van der Waals surface area (Å²) in [4.78, 5) is 2.68. The Hall–Kier alpha value is -0.160. The predicted octanol–water partition coefficient (Wildman–Crippen LogP) is 2.67. The van der Waals surface area contributed by atoms with Crippen molar-refractivity contribution < 1.29 is 9.47 Å². The number of hydrogen-bond acceptors (Lipinski definition) is 4. The van der Waals surface area contributed by atoms with Crippen LogP contribution in [0.1, 0.15) is 52.9 Å². The fourth-order valence-electron chi connectivity index (χ4n) is 3.37. The first-order valence-corrected chi connectivity index (χ1v) is 8.77. The highest BCUT2D eigenvalue weighted by Crippen LogP contribution is 2.27. The molecule has 1 unspecified atom stereocenters. The number of methoxy groups -OCH3 is 1. The maximum Gasteiger partial charge on any atom is 0.0593 e. The van der Waals surface area contributed by atoms with Gasteiger partial charge in [-0.25, -0.2) is 0 Å². The topological polar surface area (TPSA) is 33.7 Å². The van der Waals surface area contributed by atoms with Crippen molar-refractivity contribution in [2.45, 2.75) is 64.5 Å². The molecule has 1 N–H and O–H groups in total. The molecule has 0 aliphatic carbocycles. The molecule has 126 valence electrons. The summed E-state index contributed by atoms with van der Waals surface area (Å²) in [6.07, 6.45) is 5.93. The van der Waals surface area contributed by atoms with Crippen LogP contribution in [0.25, 0.3) is 0 Å².